The Balaban J connectivity index is 0.00000364. The lowest BCUT2D eigenvalue weighted by Gasteiger charge is -2.11. The first-order chi connectivity index (χ1) is 12.6. The number of aryl methyl sites for hydroxylation is 3. The zero-order valence-electron chi connectivity index (χ0n) is 17.1. The van der Waals surface area contributed by atoms with Crippen molar-refractivity contribution in [3.05, 3.63) is 52.8 Å². The lowest BCUT2D eigenvalue weighted by atomic mass is 10.1. The first-order valence-electron chi connectivity index (χ1n) is 9.67. The van der Waals surface area contributed by atoms with E-state index in [1.54, 1.807) is 0 Å². The van der Waals surface area contributed by atoms with Gasteiger partial charge in [0.15, 0.2) is 5.96 Å². The van der Waals surface area contributed by atoms with E-state index < -0.39 is 0 Å². The molecule has 0 bridgehead atoms. The van der Waals surface area contributed by atoms with Gasteiger partial charge in [0.05, 0.1) is 12.2 Å². The van der Waals surface area contributed by atoms with E-state index in [4.69, 9.17) is 4.99 Å². The van der Waals surface area contributed by atoms with E-state index in [2.05, 4.69) is 59.9 Å². The summed E-state index contributed by atoms with van der Waals surface area (Å²) in [6.45, 7) is 8.71. The molecule has 0 aliphatic heterocycles. The molecule has 0 unspecified atom stereocenters. The van der Waals surface area contributed by atoms with Gasteiger partial charge in [0.1, 0.15) is 0 Å². The Bertz CT molecular complexity index is 694. The molecular weight excluding hydrogens is 449 g/mol. The van der Waals surface area contributed by atoms with Crippen LogP contribution in [0.25, 0.3) is 0 Å². The molecule has 1 aromatic heterocycles. The SMILES string of the molecule is CCNC(=NCc1c(C)nn(C)c1C)NCCCCCc1ccccc1.I. The number of unbranched alkanes of at least 4 members (excludes halogenated alkanes) is 2. The number of halogens is 1. The summed E-state index contributed by atoms with van der Waals surface area (Å²) < 4.78 is 1.92. The number of nitrogens with one attached hydrogen (secondary N) is 2. The van der Waals surface area contributed by atoms with Gasteiger partial charge in [-0.15, -0.1) is 24.0 Å². The Morgan fingerprint density at radius 1 is 1.07 bits per heavy atom. The molecule has 1 aromatic carbocycles. The molecular formula is C21H34IN5. The molecule has 0 saturated carbocycles. The molecule has 0 fully saturated rings. The van der Waals surface area contributed by atoms with E-state index in [1.807, 2.05) is 18.7 Å². The van der Waals surface area contributed by atoms with E-state index >= 15 is 0 Å². The first kappa shape index (κ1) is 23.5. The number of hydrogen-bond acceptors (Lipinski definition) is 2. The van der Waals surface area contributed by atoms with Crippen molar-refractivity contribution < 1.29 is 0 Å². The molecule has 0 atom stereocenters. The van der Waals surface area contributed by atoms with Crippen molar-refractivity contribution in [2.75, 3.05) is 13.1 Å². The number of guanidine groups is 1. The zero-order chi connectivity index (χ0) is 18.8. The minimum absolute atomic E-state index is 0. The molecule has 150 valence electrons. The summed E-state index contributed by atoms with van der Waals surface area (Å²) in [6, 6.07) is 10.7. The highest BCUT2D eigenvalue weighted by molar-refractivity contribution is 14.0. The summed E-state index contributed by atoms with van der Waals surface area (Å²) in [4.78, 5) is 4.73. The fraction of sp³-hybridized carbons (Fsp3) is 0.524. The second-order valence-electron chi connectivity index (χ2n) is 6.69. The zero-order valence-corrected chi connectivity index (χ0v) is 19.4. The minimum Gasteiger partial charge on any atom is -0.357 e. The van der Waals surface area contributed by atoms with Crippen molar-refractivity contribution in [3.8, 4) is 0 Å². The third-order valence-corrected chi connectivity index (χ3v) is 4.68. The second kappa shape index (κ2) is 12.8. The van der Waals surface area contributed by atoms with E-state index in [1.165, 1.54) is 29.7 Å². The van der Waals surface area contributed by atoms with Gasteiger partial charge < -0.3 is 10.6 Å². The highest BCUT2D eigenvalue weighted by Crippen LogP contribution is 2.12. The lowest BCUT2D eigenvalue weighted by Crippen LogP contribution is -2.37. The smallest absolute Gasteiger partial charge is 0.191 e. The van der Waals surface area contributed by atoms with Crippen molar-refractivity contribution in [1.82, 2.24) is 20.4 Å². The van der Waals surface area contributed by atoms with Crippen molar-refractivity contribution in [3.63, 3.8) is 0 Å². The number of benzene rings is 1. The predicted molar refractivity (Wildman–Crippen MR) is 125 cm³/mol. The highest BCUT2D eigenvalue weighted by Gasteiger charge is 2.08. The maximum absolute atomic E-state index is 4.73. The van der Waals surface area contributed by atoms with Gasteiger partial charge in [-0.2, -0.15) is 5.10 Å². The Kier molecular flexibility index (Phi) is 11.1. The fourth-order valence-electron chi connectivity index (χ4n) is 3.03. The Morgan fingerprint density at radius 3 is 2.44 bits per heavy atom. The van der Waals surface area contributed by atoms with Crippen LogP contribution in [-0.2, 0) is 20.0 Å². The van der Waals surface area contributed by atoms with Crippen LogP contribution in [0.1, 0.15) is 48.7 Å². The molecule has 27 heavy (non-hydrogen) atoms. The molecule has 5 nitrogen and oxygen atoms in total. The summed E-state index contributed by atoms with van der Waals surface area (Å²) >= 11 is 0. The predicted octanol–water partition coefficient (Wildman–Crippen LogP) is 4.12. The maximum Gasteiger partial charge on any atom is 0.191 e. The molecule has 2 rings (SSSR count). The molecule has 0 aliphatic rings. The average Bonchev–Trinajstić information content (AvgIpc) is 2.88. The standard InChI is InChI=1S/C21H33N5.HI/c1-5-22-21(24-16-20-17(2)25-26(4)18(20)3)23-15-11-7-10-14-19-12-8-6-9-13-19;/h6,8-9,12-13H,5,7,10-11,14-16H2,1-4H3,(H2,22,23,24);1H. The van der Waals surface area contributed by atoms with Crippen molar-refractivity contribution >= 4 is 29.9 Å². The number of hydrogen-bond donors (Lipinski definition) is 2. The van der Waals surface area contributed by atoms with Gasteiger partial charge >= 0.3 is 0 Å². The Hall–Kier alpha value is -1.57. The molecule has 0 saturated heterocycles. The van der Waals surface area contributed by atoms with Crippen molar-refractivity contribution in [2.24, 2.45) is 12.0 Å². The highest BCUT2D eigenvalue weighted by atomic mass is 127. The Morgan fingerprint density at radius 2 is 1.81 bits per heavy atom. The molecule has 0 amide bonds. The van der Waals surface area contributed by atoms with Gasteiger partial charge in [-0.1, -0.05) is 36.8 Å². The fourth-order valence-corrected chi connectivity index (χ4v) is 3.03. The maximum atomic E-state index is 4.73. The second-order valence-corrected chi connectivity index (χ2v) is 6.69. The molecule has 1 heterocycles. The summed E-state index contributed by atoms with van der Waals surface area (Å²) in [7, 11) is 1.98. The number of aliphatic imine (C=N–C) groups is 1. The van der Waals surface area contributed by atoms with Gasteiger partial charge in [0, 0.05) is 31.4 Å². The lowest BCUT2D eigenvalue weighted by molar-refractivity contribution is 0.656. The third-order valence-electron chi connectivity index (χ3n) is 4.68. The van der Waals surface area contributed by atoms with Crippen LogP contribution in [0.2, 0.25) is 0 Å². The summed E-state index contributed by atoms with van der Waals surface area (Å²) in [6.07, 6.45) is 4.77. The molecule has 0 aliphatic carbocycles. The molecule has 2 N–H and O–H groups in total. The van der Waals surface area contributed by atoms with Crippen LogP contribution in [0.15, 0.2) is 35.3 Å². The molecule has 0 radical (unpaired) electrons. The van der Waals surface area contributed by atoms with E-state index in [0.29, 0.717) is 6.54 Å². The van der Waals surface area contributed by atoms with Crippen LogP contribution in [-0.4, -0.2) is 28.8 Å². The van der Waals surface area contributed by atoms with Crippen LogP contribution >= 0.6 is 24.0 Å². The van der Waals surface area contributed by atoms with Gasteiger partial charge in [0.2, 0.25) is 0 Å². The van der Waals surface area contributed by atoms with Crippen LogP contribution in [0.5, 0.6) is 0 Å². The van der Waals surface area contributed by atoms with Crippen LogP contribution < -0.4 is 10.6 Å². The molecule has 0 spiro atoms. The molecule has 2 aromatic rings. The van der Waals surface area contributed by atoms with Gasteiger partial charge in [-0.25, -0.2) is 4.99 Å². The van der Waals surface area contributed by atoms with E-state index in [0.717, 1.165) is 37.6 Å². The number of aromatic nitrogens is 2. The van der Waals surface area contributed by atoms with Gasteiger partial charge in [-0.05, 0) is 45.6 Å². The van der Waals surface area contributed by atoms with Gasteiger partial charge in [-0.3, -0.25) is 4.68 Å². The van der Waals surface area contributed by atoms with Crippen molar-refractivity contribution in [2.45, 2.75) is 53.0 Å². The topological polar surface area (TPSA) is 54.2 Å². The quantitative estimate of drug-likeness (QED) is 0.244. The minimum atomic E-state index is 0. The van der Waals surface area contributed by atoms with Crippen molar-refractivity contribution in [1.29, 1.82) is 0 Å². The average molecular weight is 483 g/mol. The Labute approximate surface area is 181 Å². The van der Waals surface area contributed by atoms with Crippen LogP contribution in [0.4, 0.5) is 0 Å². The largest absolute Gasteiger partial charge is 0.357 e. The number of nitrogens with zero attached hydrogens (tertiary/aromatic N) is 3. The van der Waals surface area contributed by atoms with Crippen LogP contribution in [0, 0.1) is 13.8 Å². The third kappa shape index (κ3) is 7.91. The summed E-state index contributed by atoms with van der Waals surface area (Å²) in [5.41, 5.74) is 4.89. The normalized spacial score (nSPS) is 11.2. The number of rotatable bonds is 9. The summed E-state index contributed by atoms with van der Waals surface area (Å²) in [5, 5.41) is 11.2. The monoisotopic (exact) mass is 483 g/mol. The van der Waals surface area contributed by atoms with E-state index in [9.17, 15) is 0 Å². The van der Waals surface area contributed by atoms with Crippen LogP contribution in [0.3, 0.4) is 0 Å². The summed E-state index contributed by atoms with van der Waals surface area (Å²) in [5.74, 6) is 0.887. The van der Waals surface area contributed by atoms with Gasteiger partial charge in [0.25, 0.3) is 0 Å². The van der Waals surface area contributed by atoms with E-state index in [-0.39, 0.29) is 24.0 Å². The first-order valence-corrected chi connectivity index (χ1v) is 9.67. The molecule has 6 heteroatoms.